The van der Waals surface area contributed by atoms with E-state index in [-0.39, 0.29) is 17.8 Å². The summed E-state index contributed by atoms with van der Waals surface area (Å²) in [5.74, 6) is 0.571. The van der Waals surface area contributed by atoms with E-state index in [2.05, 4.69) is 30.8 Å². The van der Waals surface area contributed by atoms with Crippen molar-refractivity contribution in [2.24, 2.45) is 5.92 Å². The number of aromatic nitrogens is 4. The number of tetrazole rings is 1. The van der Waals surface area contributed by atoms with Crippen molar-refractivity contribution in [2.45, 2.75) is 26.2 Å². The number of nitrogens with zero attached hydrogens (tertiary/aromatic N) is 4. The molecule has 0 radical (unpaired) electrons. The van der Waals surface area contributed by atoms with Crippen LogP contribution in [0, 0.1) is 5.92 Å². The molecule has 1 fully saturated rings. The van der Waals surface area contributed by atoms with Crippen molar-refractivity contribution in [3.63, 3.8) is 0 Å². The van der Waals surface area contributed by atoms with E-state index in [0.29, 0.717) is 5.75 Å². The van der Waals surface area contributed by atoms with Gasteiger partial charge in [-0.3, -0.25) is 4.79 Å². The second kappa shape index (κ2) is 7.87. The van der Waals surface area contributed by atoms with Gasteiger partial charge in [-0.05, 0) is 55.4 Å². The van der Waals surface area contributed by atoms with E-state index >= 15 is 0 Å². The average Bonchev–Trinajstić information content (AvgIpc) is 3.10. The Kier molecular flexibility index (Phi) is 5.37. The zero-order valence-corrected chi connectivity index (χ0v) is 13.7. The summed E-state index contributed by atoms with van der Waals surface area (Å²) in [6.07, 6.45) is 3.77. The van der Waals surface area contributed by atoms with Crippen molar-refractivity contribution in [3.05, 3.63) is 24.3 Å². The first-order chi connectivity index (χ1) is 11.7. The van der Waals surface area contributed by atoms with Gasteiger partial charge in [-0.2, -0.15) is 5.21 Å². The van der Waals surface area contributed by atoms with Gasteiger partial charge in [-0.1, -0.05) is 23.5 Å². The molecule has 2 heterocycles. The van der Waals surface area contributed by atoms with Gasteiger partial charge in [0.1, 0.15) is 5.75 Å². The van der Waals surface area contributed by atoms with Crippen LogP contribution in [0.1, 0.15) is 26.2 Å². The van der Waals surface area contributed by atoms with Gasteiger partial charge < -0.3 is 15.0 Å². The third-order valence-corrected chi connectivity index (χ3v) is 4.09. The summed E-state index contributed by atoms with van der Waals surface area (Å²) in [4.78, 5) is 14.7. The highest BCUT2D eigenvalue weighted by molar-refractivity contribution is 5.92. The molecule has 8 heteroatoms. The standard InChI is InChI=1S/C16H22N6O2/c1-12(11-22-9-3-2-4-10-22)15(23)17-13-5-7-14(8-6-13)24-16-18-20-21-19-16/h5-8,12H,2-4,9-11H2,1H3,(H,17,23)(H,18,19,20,21). The van der Waals surface area contributed by atoms with Gasteiger partial charge in [-0.25, -0.2) is 0 Å². The Morgan fingerprint density at radius 3 is 2.71 bits per heavy atom. The van der Waals surface area contributed by atoms with Crippen molar-refractivity contribution in [2.75, 3.05) is 25.0 Å². The van der Waals surface area contributed by atoms with Crippen molar-refractivity contribution in [1.82, 2.24) is 25.5 Å². The molecule has 3 rings (SSSR count). The smallest absolute Gasteiger partial charge is 0.361 e. The Morgan fingerprint density at radius 1 is 1.29 bits per heavy atom. The molecule has 128 valence electrons. The van der Waals surface area contributed by atoms with Crippen molar-refractivity contribution in [1.29, 1.82) is 0 Å². The summed E-state index contributed by atoms with van der Waals surface area (Å²) in [7, 11) is 0. The topological polar surface area (TPSA) is 96.0 Å². The molecule has 2 aromatic rings. The van der Waals surface area contributed by atoms with Crippen LogP contribution < -0.4 is 10.1 Å². The molecule has 0 bridgehead atoms. The molecule has 1 aliphatic rings. The molecule has 1 saturated heterocycles. The third-order valence-electron chi connectivity index (χ3n) is 4.09. The van der Waals surface area contributed by atoms with Crippen molar-refractivity contribution < 1.29 is 9.53 Å². The molecule has 8 nitrogen and oxygen atoms in total. The number of nitrogens with one attached hydrogen (secondary N) is 2. The molecule has 0 aliphatic carbocycles. The van der Waals surface area contributed by atoms with E-state index in [1.807, 2.05) is 6.92 Å². The van der Waals surface area contributed by atoms with E-state index in [4.69, 9.17) is 4.74 Å². The average molecular weight is 330 g/mol. The number of rotatable bonds is 6. The number of carbonyl (C=O) groups is 1. The molecule has 0 spiro atoms. The highest BCUT2D eigenvalue weighted by atomic mass is 16.5. The minimum Gasteiger partial charge on any atom is -0.422 e. The second-order valence-electron chi connectivity index (χ2n) is 6.07. The lowest BCUT2D eigenvalue weighted by Gasteiger charge is -2.28. The third kappa shape index (κ3) is 4.51. The maximum absolute atomic E-state index is 12.3. The number of anilines is 1. The van der Waals surface area contributed by atoms with E-state index in [9.17, 15) is 4.79 Å². The summed E-state index contributed by atoms with van der Waals surface area (Å²) >= 11 is 0. The zero-order chi connectivity index (χ0) is 16.8. The number of H-pyrrole nitrogens is 1. The van der Waals surface area contributed by atoms with Crippen LogP contribution in [0.4, 0.5) is 5.69 Å². The first-order valence-corrected chi connectivity index (χ1v) is 8.25. The van der Waals surface area contributed by atoms with Crippen molar-refractivity contribution >= 4 is 11.6 Å². The SMILES string of the molecule is CC(CN1CCCCC1)C(=O)Nc1ccc(Oc2nn[nH]n2)cc1. The lowest BCUT2D eigenvalue weighted by Crippen LogP contribution is -2.37. The number of carbonyl (C=O) groups excluding carboxylic acids is 1. The molecule has 1 aromatic heterocycles. The number of benzene rings is 1. The van der Waals surface area contributed by atoms with Gasteiger partial charge in [0.15, 0.2) is 0 Å². The summed E-state index contributed by atoms with van der Waals surface area (Å²) in [5.41, 5.74) is 0.742. The summed E-state index contributed by atoms with van der Waals surface area (Å²) < 4.78 is 5.39. The fourth-order valence-corrected chi connectivity index (χ4v) is 2.79. The van der Waals surface area contributed by atoms with Crippen LogP contribution in [0.5, 0.6) is 11.8 Å². The Labute approximate surface area is 140 Å². The van der Waals surface area contributed by atoms with E-state index in [1.54, 1.807) is 24.3 Å². The lowest BCUT2D eigenvalue weighted by atomic mass is 10.1. The first kappa shape index (κ1) is 16.4. The largest absolute Gasteiger partial charge is 0.422 e. The van der Waals surface area contributed by atoms with Crippen LogP contribution in [0.2, 0.25) is 0 Å². The number of hydrogen-bond acceptors (Lipinski definition) is 6. The maximum atomic E-state index is 12.3. The number of aromatic amines is 1. The quantitative estimate of drug-likeness (QED) is 0.841. The Bertz CT molecular complexity index is 637. The van der Waals surface area contributed by atoms with Crippen LogP contribution in [0.15, 0.2) is 24.3 Å². The molecule has 1 amide bonds. The zero-order valence-electron chi connectivity index (χ0n) is 13.7. The number of amides is 1. The van der Waals surface area contributed by atoms with Gasteiger partial charge in [0.05, 0.1) is 0 Å². The predicted molar refractivity (Wildman–Crippen MR) is 88.8 cm³/mol. The fourth-order valence-electron chi connectivity index (χ4n) is 2.79. The maximum Gasteiger partial charge on any atom is 0.361 e. The van der Waals surface area contributed by atoms with Crippen molar-refractivity contribution in [3.8, 4) is 11.8 Å². The van der Waals surface area contributed by atoms with Gasteiger partial charge in [0.2, 0.25) is 5.91 Å². The highest BCUT2D eigenvalue weighted by Gasteiger charge is 2.18. The Morgan fingerprint density at radius 2 is 2.04 bits per heavy atom. The van der Waals surface area contributed by atoms with Gasteiger partial charge in [0, 0.05) is 18.2 Å². The number of hydrogen-bond donors (Lipinski definition) is 2. The van der Waals surface area contributed by atoms with Crippen LogP contribution in [-0.2, 0) is 4.79 Å². The van der Waals surface area contributed by atoms with Gasteiger partial charge in [-0.15, -0.1) is 0 Å². The summed E-state index contributed by atoms with van der Waals surface area (Å²) in [5, 5.41) is 16.1. The molecule has 1 aliphatic heterocycles. The van der Waals surface area contributed by atoms with Crippen LogP contribution >= 0.6 is 0 Å². The molecule has 24 heavy (non-hydrogen) atoms. The molecular weight excluding hydrogens is 308 g/mol. The summed E-state index contributed by atoms with van der Waals surface area (Å²) in [6.45, 7) is 4.97. The molecular formula is C16H22N6O2. The van der Waals surface area contributed by atoms with Crippen LogP contribution in [0.25, 0.3) is 0 Å². The number of ether oxygens (including phenoxy) is 1. The minimum atomic E-state index is -0.0432. The lowest BCUT2D eigenvalue weighted by molar-refractivity contribution is -0.120. The Hall–Kier alpha value is -2.48. The van der Waals surface area contributed by atoms with E-state index in [1.165, 1.54) is 19.3 Å². The summed E-state index contributed by atoms with van der Waals surface area (Å²) in [6, 6.07) is 7.24. The van der Waals surface area contributed by atoms with Gasteiger partial charge in [0.25, 0.3) is 0 Å². The predicted octanol–water partition coefficient (Wildman–Crippen LogP) is 2.05. The first-order valence-electron chi connectivity index (χ1n) is 8.25. The molecule has 0 saturated carbocycles. The van der Waals surface area contributed by atoms with E-state index in [0.717, 1.165) is 25.3 Å². The Balaban J connectivity index is 1.50. The fraction of sp³-hybridized carbons (Fsp3) is 0.500. The highest BCUT2D eigenvalue weighted by Crippen LogP contribution is 2.20. The second-order valence-corrected chi connectivity index (χ2v) is 6.07. The monoisotopic (exact) mass is 330 g/mol. The van der Waals surface area contributed by atoms with Crippen LogP contribution in [0.3, 0.4) is 0 Å². The van der Waals surface area contributed by atoms with Gasteiger partial charge >= 0.3 is 6.01 Å². The van der Waals surface area contributed by atoms with E-state index < -0.39 is 0 Å². The molecule has 1 atom stereocenters. The molecule has 2 N–H and O–H groups in total. The molecule has 1 unspecified atom stereocenters. The molecule has 1 aromatic carbocycles. The number of likely N-dealkylation sites (tertiary alicyclic amines) is 1. The normalized spacial score (nSPS) is 16.5. The number of piperidine rings is 1. The minimum absolute atomic E-state index is 0.0346. The van der Waals surface area contributed by atoms with Crippen LogP contribution in [-0.4, -0.2) is 51.1 Å².